The number of aryl methyl sites for hydroxylation is 2. The number of rotatable bonds is 2. The van der Waals surface area contributed by atoms with Gasteiger partial charge in [-0.1, -0.05) is 6.07 Å². The van der Waals surface area contributed by atoms with Crippen molar-refractivity contribution in [1.29, 1.82) is 0 Å². The molecule has 0 radical (unpaired) electrons. The summed E-state index contributed by atoms with van der Waals surface area (Å²) in [6.45, 7) is 3.89. The van der Waals surface area contributed by atoms with Crippen molar-refractivity contribution in [1.82, 2.24) is 0 Å². The second kappa shape index (κ2) is 3.42. The molecule has 15 heavy (non-hydrogen) atoms. The van der Waals surface area contributed by atoms with Crippen molar-refractivity contribution in [3.8, 4) is 0 Å². The number of benzene rings is 1. The first-order valence-corrected chi connectivity index (χ1v) is 4.78. The number of hydrogen-bond acceptors (Lipinski definition) is 2. The van der Waals surface area contributed by atoms with Crippen LogP contribution in [0.4, 0.5) is 0 Å². The van der Waals surface area contributed by atoms with Crippen LogP contribution in [0.25, 0.3) is 11.0 Å². The summed E-state index contributed by atoms with van der Waals surface area (Å²) in [5.41, 5.74) is 2.70. The fourth-order valence-electron chi connectivity index (χ4n) is 1.67. The largest absolute Gasteiger partial charge is 0.481 e. The molecule has 0 atom stereocenters. The molecule has 0 spiro atoms. The van der Waals surface area contributed by atoms with E-state index in [0.717, 1.165) is 27.9 Å². The van der Waals surface area contributed by atoms with E-state index in [9.17, 15) is 4.79 Å². The summed E-state index contributed by atoms with van der Waals surface area (Å²) in [4.78, 5) is 10.6. The maximum Gasteiger partial charge on any atom is 0.307 e. The second-order valence-electron chi connectivity index (χ2n) is 3.68. The third-order valence-electron chi connectivity index (χ3n) is 2.59. The fraction of sp³-hybridized carbons (Fsp3) is 0.250. The normalized spacial score (nSPS) is 10.8. The zero-order valence-corrected chi connectivity index (χ0v) is 8.70. The summed E-state index contributed by atoms with van der Waals surface area (Å²) in [6, 6.07) is 5.50. The van der Waals surface area contributed by atoms with Crippen molar-refractivity contribution in [2.75, 3.05) is 0 Å². The van der Waals surface area contributed by atoms with Crippen LogP contribution >= 0.6 is 0 Å². The molecule has 0 aliphatic carbocycles. The lowest BCUT2D eigenvalue weighted by atomic mass is 10.1. The zero-order chi connectivity index (χ0) is 11.0. The third kappa shape index (κ3) is 1.73. The Labute approximate surface area is 87.3 Å². The molecule has 0 aliphatic heterocycles. The molecule has 3 heteroatoms. The second-order valence-corrected chi connectivity index (χ2v) is 3.68. The molecule has 2 rings (SSSR count). The predicted molar refractivity (Wildman–Crippen MR) is 57.0 cm³/mol. The molecule has 0 bridgehead atoms. The van der Waals surface area contributed by atoms with Crippen LogP contribution in [0.3, 0.4) is 0 Å². The van der Waals surface area contributed by atoms with Crippen LogP contribution in [0.2, 0.25) is 0 Å². The lowest BCUT2D eigenvalue weighted by molar-refractivity contribution is -0.136. The minimum Gasteiger partial charge on any atom is -0.481 e. The van der Waals surface area contributed by atoms with E-state index in [0.29, 0.717) is 0 Å². The van der Waals surface area contributed by atoms with E-state index >= 15 is 0 Å². The van der Waals surface area contributed by atoms with E-state index in [4.69, 9.17) is 9.52 Å². The minimum absolute atomic E-state index is 0.0552. The molecular formula is C12H12O3. The zero-order valence-electron chi connectivity index (χ0n) is 8.70. The van der Waals surface area contributed by atoms with E-state index in [2.05, 4.69) is 0 Å². The quantitative estimate of drug-likeness (QED) is 0.818. The van der Waals surface area contributed by atoms with Gasteiger partial charge in [-0.2, -0.15) is 0 Å². The number of carboxylic acid groups (broad SMARTS) is 1. The number of aliphatic carboxylic acids is 1. The van der Waals surface area contributed by atoms with Crippen LogP contribution in [0.1, 0.15) is 16.9 Å². The van der Waals surface area contributed by atoms with Crippen molar-refractivity contribution in [3.05, 3.63) is 35.1 Å². The third-order valence-corrected chi connectivity index (χ3v) is 2.59. The minimum atomic E-state index is -0.813. The van der Waals surface area contributed by atoms with Crippen LogP contribution in [-0.2, 0) is 11.2 Å². The van der Waals surface area contributed by atoms with Gasteiger partial charge in [0.2, 0.25) is 0 Å². The van der Waals surface area contributed by atoms with Crippen molar-refractivity contribution in [2.45, 2.75) is 20.3 Å². The predicted octanol–water partition coefficient (Wildman–Crippen LogP) is 2.68. The van der Waals surface area contributed by atoms with Crippen molar-refractivity contribution in [3.63, 3.8) is 0 Å². The van der Waals surface area contributed by atoms with Crippen molar-refractivity contribution < 1.29 is 14.3 Å². The van der Waals surface area contributed by atoms with E-state index in [1.165, 1.54) is 0 Å². The summed E-state index contributed by atoms with van der Waals surface area (Å²) < 4.78 is 5.51. The molecule has 0 unspecified atom stereocenters. The van der Waals surface area contributed by atoms with Crippen LogP contribution in [0.15, 0.2) is 22.6 Å². The molecule has 3 nitrogen and oxygen atoms in total. The standard InChI is InChI=1S/C12H12O3/c1-7-8(2)15-11-4-3-9(5-10(7)11)6-12(13)14/h3-5H,6H2,1-2H3,(H,13,14). The van der Waals surface area contributed by atoms with Gasteiger partial charge < -0.3 is 9.52 Å². The molecule has 1 N–H and O–H groups in total. The first-order valence-electron chi connectivity index (χ1n) is 4.78. The number of carboxylic acids is 1. The van der Waals surface area contributed by atoms with Crippen LogP contribution in [0, 0.1) is 13.8 Å². The maximum atomic E-state index is 10.6. The Bertz CT molecular complexity index is 523. The lowest BCUT2D eigenvalue weighted by Gasteiger charge is -1.96. The smallest absolute Gasteiger partial charge is 0.307 e. The Kier molecular flexibility index (Phi) is 2.23. The summed E-state index contributed by atoms with van der Waals surface area (Å²) in [6.07, 6.45) is 0.0552. The van der Waals surface area contributed by atoms with Gasteiger partial charge in [0.25, 0.3) is 0 Å². The molecule has 1 aromatic heterocycles. The first kappa shape index (κ1) is 9.77. The number of fused-ring (bicyclic) bond motifs is 1. The van der Waals surface area contributed by atoms with Gasteiger partial charge in [-0.3, -0.25) is 4.79 Å². The number of furan rings is 1. The molecule has 0 amide bonds. The Morgan fingerprint density at radius 2 is 2.13 bits per heavy atom. The van der Waals surface area contributed by atoms with E-state index in [1.807, 2.05) is 26.0 Å². The maximum absolute atomic E-state index is 10.6. The monoisotopic (exact) mass is 204 g/mol. The first-order chi connectivity index (χ1) is 7.08. The molecule has 1 aromatic carbocycles. The van der Waals surface area contributed by atoms with Crippen LogP contribution < -0.4 is 0 Å². The van der Waals surface area contributed by atoms with Gasteiger partial charge in [0, 0.05) is 5.39 Å². The van der Waals surface area contributed by atoms with E-state index in [1.54, 1.807) is 6.07 Å². The molecule has 0 fully saturated rings. The number of hydrogen-bond donors (Lipinski definition) is 1. The van der Waals surface area contributed by atoms with E-state index < -0.39 is 5.97 Å². The van der Waals surface area contributed by atoms with Gasteiger partial charge >= 0.3 is 5.97 Å². The lowest BCUT2D eigenvalue weighted by Crippen LogP contribution is -1.99. The van der Waals surface area contributed by atoms with Gasteiger partial charge in [-0.05, 0) is 37.1 Å². The highest BCUT2D eigenvalue weighted by Crippen LogP contribution is 2.25. The molecule has 0 saturated heterocycles. The molecular weight excluding hydrogens is 192 g/mol. The van der Waals surface area contributed by atoms with Gasteiger partial charge in [0.1, 0.15) is 11.3 Å². The highest BCUT2D eigenvalue weighted by molar-refractivity contribution is 5.83. The topological polar surface area (TPSA) is 50.4 Å². The molecule has 2 aromatic rings. The van der Waals surface area contributed by atoms with E-state index in [-0.39, 0.29) is 6.42 Å². The molecule has 1 heterocycles. The Morgan fingerprint density at radius 1 is 1.40 bits per heavy atom. The highest BCUT2D eigenvalue weighted by Gasteiger charge is 2.08. The fourth-order valence-corrected chi connectivity index (χ4v) is 1.67. The number of carbonyl (C=O) groups is 1. The van der Waals surface area contributed by atoms with Gasteiger partial charge in [0.05, 0.1) is 6.42 Å². The summed E-state index contributed by atoms with van der Waals surface area (Å²) in [7, 11) is 0. The molecule has 0 saturated carbocycles. The van der Waals surface area contributed by atoms with Gasteiger partial charge in [-0.15, -0.1) is 0 Å². The Balaban J connectivity index is 2.54. The average Bonchev–Trinajstić information content (AvgIpc) is 2.43. The van der Waals surface area contributed by atoms with Gasteiger partial charge in [0.15, 0.2) is 0 Å². The van der Waals surface area contributed by atoms with Gasteiger partial charge in [-0.25, -0.2) is 0 Å². The average molecular weight is 204 g/mol. The molecule has 0 aliphatic rings. The highest BCUT2D eigenvalue weighted by atomic mass is 16.4. The SMILES string of the molecule is Cc1oc2ccc(CC(=O)O)cc2c1C. The van der Waals surface area contributed by atoms with Crippen LogP contribution in [-0.4, -0.2) is 11.1 Å². The summed E-state index contributed by atoms with van der Waals surface area (Å²) >= 11 is 0. The van der Waals surface area contributed by atoms with Crippen molar-refractivity contribution in [2.24, 2.45) is 0 Å². The van der Waals surface area contributed by atoms with Crippen molar-refractivity contribution >= 4 is 16.9 Å². The summed E-state index contributed by atoms with van der Waals surface area (Å²) in [5, 5.41) is 9.70. The Morgan fingerprint density at radius 3 is 2.80 bits per heavy atom. The molecule has 78 valence electrons. The van der Waals surface area contributed by atoms with Crippen LogP contribution in [0.5, 0.6) is 0 Å². The Hall–Kier alpha value is -1.77. The summed E-state index contributed by atoms with van der Waals surface area (Å²) in [5.74, 6) is 0.0738.